The summed E-state index contributed by atoms with van der Waals surface area (Å²) in [5, 5.41) is -0.670. The van der Waals surface area contributed by atoms with Crippen LogP contribution in [0.4, 0.5) is 0 Å². The van der Waals surface area contributed by atoms with E-state index in [1.165, 1.54) is 0 Å². The zero-order valence-electron chi connectivity index (χ0n) is 6.22. The number of nitrogens with zero attached hydrogens (tertiary/aromatic N) is 1. The molecule has 2 atom stereocenters. The van der Waals surface area contributed by atoms with Crippen LogP contribution in [-0.2, 0) is 25.5 Å². The minimum absolute atomic E-state index is 0.268. The van der Waals surface area contributed by atoms with Crippen LogP contribution in [0.5, 0.6) is 0 Å². The van der Waals surface area contributed by atoms with Crippen molar-refractivity contribution in [2.45, 2.75) is 11.7 Å². The van der Waals surface area contributed by atoms with Gasteiger partial charge in [-0.15, -0.1) is 0 Å². The lowest BCUT2D eigenvalue weighted by atomic mass is 10.4. The van der Waals surface area contributed by atoms with E-state index in [-0.39, 0.29) is 6.42 Å². The Kier molecular flexibility index (Phi) is 2.55. The Hall–Kier alpha value is -0.790. The SMILES string of the molecule is CON1C(=O)CC(S(=O)O)C1=O. The number of hydrogen-bond acceptors (Lipinski definition) is 4. The second kappa shape index (κ2) is 3.30. The summed E-state index contributed by atoms with van der Waals surface area (Å²) in [5.41, 5.74) is 0. The summed E-state index contributed by atoms with van der Waals surface area (Å²) in [7, 11) is 1.15. The predicted molar refractivity (Wildman–Crippen MR) is 38.0 cm³/mol. The molecule has 1 aliphatic heterocycles. The molecule has 2 amide bonds. The molecule has 0 aliphatic carbocycles. The van der Waals surface area contributed by atoms with Crippen LogP contribution in [0, 0.1) is 0 Å². The zero-order chi connectivity index (χ0) is 9.30. The van der Waals surface area contributed by atoms with Gasteiger partial charge in [0.15, 0.2) is 16.3 Å². The largest absolute Gasteiger partial charge is 0.305 e. The molecule has 0 bridgehead atoms. The van der Waals surface area contributed by atoms with Gasteiger partial charge in [-0.2, -0.15) is 5.06 Å². The summed E-state index contributed by atoms with van der Waals surface area (Å²) in [6.07, 6.45) is -0.268. The molecule has 1 N–H and O–H groups in total. The van der Waals surface area contributed by atoms with Crippen LogP contribution in [-0.4, -0.2) is 38.0 Å². The third-order valence-electron chi connectivity index (χ3n) is 1.49. The fraction of sp³-hybridized carbons (Fsp3) is 0.600. The first kappa shape index (κ1) is 9.30. The molecule has 2 unspecified atom stereocenters. The van der Waals surface area contributed by atoms with E-state index in [9.17, 15) is 13.8 Å². The maximum atomic E-state index is 11.0. The number of amides is 2. The van der Waals surface area contributed by atoms with E-state index in [0.29, 0.717) is 5.06 Å². The summed E-state index contributed by atoms with van der Waals surface area (Å²) >= 11 is -2.31. The highest BCUT2D eigenvalue weighted by atomic mass is 32.2. The highest BCUT2D eigenvalue weighted by molar-refractivity contribution is 7.80. The average Bonchev–Trinajstić information content (AvgIpc) is 2.27. The van der Waals surface area contributed by atoms with E-state index >= 15 is 0 Å². The van der Waals surface area contributed by atoms with Gasteiger partial charge in [-0.3, -0.25) is 14.4 Å². The maximum Gasteiger partial charge on any atom is 0.272 e. The second-order valence-corrected chi connectivity index (χ2v) is 3.30. The second-order valence-electron chi connectivity index (χ2n) is 2.18. The maximum absolute atomic E-state index is 11.0. The topological polar surface area (TPSA) is 83.9 Å². The zero-order valence-corrected chi connectivity index (χ0v) is 7.04. The minimum Gasteiger partial charge on any atom is -0.305 e. The van der Waals surface area contributed by atoms with Crippen molar-refractivity contribution >= 4 is 22.9 Å². The van der Waals surface area contributed by atoms with Crippen LogP contribution in [0.2, 0.25) is 0 Å². The smallest absolute Gasteiger partial charge is 0.272 e. The van der Waals surface area contributed by atoms with Crippen molar-refractivity contribution < 1.29 is 23.2 Å². The molecule has 0 aromatic carbocycles. The molecular weight excluding hydrogens is 186 g/mol. The van der Waals surface area contributed by atoms with Gasteiger partial charge in [0.2, 0.25) is 0 Å². The molecule has 1 fully saturated rings. The van der Waals surface area contributed by atoms with Crippen LogP contribution in [0.1, 0.15) is 6.42 Å². The van der Waals surface area contributed by atoms with Crippen molar-refractivity contribution in [1.29, 1.82) is 0 Å². The Balaban J connectivity index is 2.82. The summed E-state index contributed by atoms with van der Waals surface area (Å²) in [6.45, 7) is 0. The van der Waals surface area contributed by atoms with Gasteiger partial charge in [-0.05, 0) is 0 Å². The molecule has 0 saturated carbocycles. The lowest BCUT2D eigenvalue weighted by molar-refractivity contribution is -0.179. The predicted octanol–water partition coefficient (Wildman–Crippen LogP) is -1.10. The van der Waals surface area contributed by atoms with Crippen LogP contribution in [0.15, 0.2) is 0 Å². The number of hydrogen-bond donors (Lipinski definition) is 1. The van der Waals surface area contributed by atoms with Gasteiger partial charge >= 0.3 is 0 Å². The minimum atomic E-state index is -2.31. The van der Waals surface area contributed by atoms with Crippen molar-refractivity contribution in [3.8, 4) is 0 Å². The van der Waals surface area contributed by atoms with Crippen LogP contribution >= 0.6 is 0 Å². The summed E-state index contributed by atoms with van der Waals surface area (Å²) in [6, 6.07) is 0. The van der Waals surface area contributed by atoms with Crippen molar-refractivity contribution in [2.75, 3.05) is 7.11 Å². The third-order valence-corrected chi connectivity index (χ3v) is 2.34. The van der Waals surface area contributed by atoms with Gasteiger partial charge in [0.05, 0.1) is 13.5 Å². The first-order valence-electron chi connectivity index (χ1n) is 3.08. The van der Waals surface area contributed by atoms with Gasteiger partial charge in [-0.25, -0.2) is 4.21 Å². The first-order valence-corrected chi connectivity index (χ1v) is 4.25. The Morgan fingerprint density at radius 2 is 2.25 bits per heavy atom. The molecule has 0 radical (unpaired) electrons. The van der Waals surface area contributed by atoms with Gasteiger partial charge in [-0.1, -0.05) is 0 Å². The summed E-state index contributed by atoms with van der Waals surface area (Å²) in [4.78, 5) is 26.3. The fourth-order valence-electron chi connectivity index (χ4n) is 0.932. The van der Waals surface area contributed by atoms with Crippen molar-refractivity contribution in [1.82, 2.24) is 5.06 Å². The highest BCUT2D eigenvalue weighted by Gasteiger charge is 2.42. The molecule has 1 saturated heterocycles. The quantitative estimate of drug-likeness (QED) is 0.444. The molecule has 0 aromatic heterocycles. The lowest BCUT2D eigenvalue weighted by Gasteiger charge is -2.08. The highest BCUT2D eigenvalue weighted by Crippen LogP contribution is 2.16. The number of carbonyl (C=O) groups excluding carboxylic acids is 2. The van der Waals surface area contributed by atoms with Crippen molar-refractivity contribution in [3.63, 3.8) is 0 Å². The number of hydroxylamine groups is 2. The lowest BCUT2D eigenvalue weighted by Crippen LogP contribution is -2.32. The van der Waals surface area contributed by atoms with E-state index in [2.05, 4.69) is 4.84 Å². The summed E-state index contributed by atoms with van der Waals surface area (Å²) < 4.78 is 19.0. The molecule has 68 valence electrons. The monoisotopic (exact) mass is 193 g/mol. The summed E-state index contributed by atoms with van der Waals surface area (Å²) in [5.74, 6) is -1.35. The molecule has 6 nitrogen and oxygen atoms in total. The Morgan fingerprint density at radius 3 is 2.50 bits per heavy atom. The van der Waals surface area contributed by atoms with Crippen molar-refractivity contribution in [2.24, 2.45) is 0 Å². The normalized spacial score (nSPS) is 26.5. The Morgan fingerprint density at radius 1 is 1.67 bits per heavy atom. The molecule has 1 heterocycles. The van der Waals surface area contributed by atoms with E-state index in [1.54, 1.807) is 0 Å². The number of imide groups is 1. The van der Waals surface area contributed by atoms with E-state index in [0.717, 1.165) is 7.11 Å². The Bertz CT molecular complexity index is 252. The molecular formula is C5H7NO5S. The first-order chi connectivity index (χ1) is 5.57. The van der Waals surface area contributed by atoms with Gasteiger partial charge in [0.25, 0.3) is 11.8 Å². The van der Waals surface area contributed by atoms with E-state index < -0.39 is 28.1 Å². The van der Waals surface area contributed by atoms with Gasteiger partial charge in [0, 0.05) is 0 Å². The number of rotatable bonds is 2. The standard InChI is InChI=1S/C5H7NO5S/c1-11-6-4(7)2-3(5(6)8)12(9)10/h3H,2H2,1H3,(H,9,10). The van der Waals surface area contributed by atoms with Gasteiger partial charge < -0.3 is 4.55 Å². The van der Waals surface area contributed by atoms with E-state index in [4.69, 9.17) is 4.55 Å². The molecule has 0 aromatic rings. The molecule has 7 heteroatoms. The van der Waals surface area contributed by atoms with Crippen LogP contribution in [0.25, 0.3) is 0 Å². The van der Waals surface area contributed by atoms with Crippen molar-refractivity contribution in [3.05, 3.63) is 0 Å². The molecule has 1 aliphatic rings. The fourth-order valence-corrected chi connectivity index (χ4v) is 1.49. The Labute approximate surface area is 70.7 Å². The third kappa shape index (κ3) is 1.38. The average molecular weight is 193 g/mol. The molecule has 1 rings (SSSR count). The van der Waals surface area contributed by atoms with E-state index in [1.807, 2.05) is 0 Å². The van der Waals surface area contributed by atoms with Crippen LogP contribution < -0.4 is 0 Å². The number of carbonyl (C=O) groups is 2. The molecule has 0 spiro atoms. The van der Waals surface area contributed by atoms with Gasteiger partial charge in [0.1, 0.15) is 0 Å². The molecule has 12 heavy (non-hydrogen) atoms. The van der Waals surface area contributed by atoms with Crippen LogP contribution in [0.3, 0.4) is 0 Å².